The Morgan fingerprint density at radius 2 is 2.06 bits per heavy atom. The molecule has 0 aliphatic carbocycles. The van der Waals surface area contributed by atoms with Gasteiger partial charge in [0.1, 0.15) is 29.8 Å². The monoisotopic (exact) mass is 420 g/mol. The van der Waals surface area contributed by atoms with Crippen LogP contribution in [0.1, 0.15) is 18.4 Å². The van der Waals surface area contributed by atoms with Crippen LogP contribution in [0.3, 0.4) is 0 Å². The highest BCUT2D eigenvalue weighted by Crippen LogP contribution is 2.29. The normalized spacial score (nSPS) is 19.4. The number of anilines is 3. The lowest BCUT2D eigenvalue weighted by molar-refractivity contribution is 0.00716. The molecule has 0 spiro atoms. The van der Waals surface area contributed by atoms with Crippen LogP contribution < -0.4 is 20.3 Å². The summed E-state index contributed by atoms with van der Waals surface area (Å²) in [6.45, 7) is 7.39. The highest BCUT2D eigenvalue weighted by molar-refractivity contribution is 5.91. The number of fused-ring (bicyclic) bond motifs is 1. The van der Waals surface area contributed by atoms with Gasteiger partial charge in [-0.05, 0) is 49.6 Å². The quantitative estimate of drug-likeness (QED) is 0.652. The topological polar surface area (TPSA) is 84.4 Å². The summed E-state index contributed by atoms with van der Waals surface area (Å²) in [6.07, 6.45) is 5.62. The van der Waals surface area contributed by atoms with E-state index in [2.05, 4.69) is 49.5 Å². The fourth-order valence-electron chi connectivity index (χ4n) is 4.09. The van der Waals surface area contributed by atoms with E-state index >= 15 is 0 Å². The largest absolute Gasteiger partial charge is 0.488 e. The predicted molar refractivity (Wildman–Crippen MR) is 121 cm³/mol. The Morgan fingerprint density at radius 1 is 1.16 bits per heavy atom. The molecular formula is C23H28N6O2. The molecule has 2 aromatic heterocycles. The Bertz CT molecular complexity index is 1050. The number of hydrogen-bond donors (Lipinski definition) is 2. The number of nitrogens with one attached hydrogen (secondary N) is 2. The van der Waals surface area contributed by atoms with Crippen LogP contribution >= 0.6 is 0 Å². The lowest BCUT2D eigenvalue weighted by atomic mass is 10.1. The molecule has 162 valence electrons. The first-order valence-electron chi connectivity index (χ1n) is 10.9. The summed E-state index contributed by atoms with van der Waals surface area (Å²) in [5.41, 5.74) is 2.87. The van der Waals surface area contributed by atoms with Gasteiger partial charge in [0.15, 0.2) is 0 Å². The van der Waals surface area contributed by atoms with Gasteiger partial charge in [0, 0.05) is 43.9 Å². The first kappa shape index (κ1) is 20.0. The van der Waals surface area contributed by atoms with E-state index in [0.717, 1.165) is 85.2 Å². The minimum atomic E-state index is 0.132. The van der Waals surface area contributed by atoms with Crippen LogP contribution in [-0.2, 0) is 4.74 Å². The van der Waals surface area contributed by atoms with Crippen molar-refractivity contribution in [1.82, 2.24) is 20.3 Å². The van der Waals surface area contributed by atoms with Gasteiger partial charge >= 0.3 is 0 Å². The van der Waals surface area contributed by atoms with E-state index in [4.69, 9.17) is 9.47 Å². The first-order chi connectivity index (χ1) is 15.3. The van der Waals surface area contributed by atoms with E-state index in [1.165, 1.54) is 0 Å². The van der Waals surface area contributed by atoms with Crippen molar-refractivity contribution in [1.29, 1.82) is 0 Å². The van der Waals surface area contributed by atoms with Gasteiger partial charge in [-0.1, -0.05) is 0 Å². The van der Waals surface area contributed by atoms with Crippen molar-refractivity contribution in [3.63, 3.8) is 0 Å². The predicted octanol–water partition coefficient (Wildman–Crippen LogP) is 3.04. The second-order valence-corrected chi connectivity index (χ2v) is 8.08. The number of aryl methyl sites for hydroxylation is 1. The van der Waals surface area contributed by atoms with Gasteiger partial charge < -0.3 is 25.0 Å². The number of pyridine rings is 1. The number of benzene rings is 1. The molecular weight excluding hydrogens is 392 g/mol. The summed E-state index contributed by atoms with van der Waals surface area (Å²) in [5, 5.41) is 7.80. The van der Waals surface area contributed by atoms with Gasteiger partial charge in [-0.2, -0.15) is 0 Å². The molecule has 0 saturated carbocycles. The Balaban J connectivity index is 1.37. The van der Waals surface area contributed by atoms with Crippen LogP contribution in [0, 0.1) is 6.92 Å². The molecule has 2 N–H and O–H groups in total. The van der Waals surface area contributed by atoms with E-state index in [1.807, 2.05) is 18.3 Å². The molecule has 8 heteroatoms. The first-order valence-corrected chi connectivity index (χ1v) is 10.9. The molecule has 0 amide bonds. The maximum absolute atomic E-state index is 6.15. The summed E-state index contributed by atoms with van der Waals surface area (Å²) in [4.78, 5) is 15.8. The molecule has 0 unspecified atom stereocenters. The summed E-state index contributed by atoms with van der Waals surface area (Å²) < 4.78 is 11.7. The lowest BCUT2D eigenvalue weighted by Crippen LogP contribution is -2.43. The van der Waals surface area contributed by atoms with Gasteiger partial charge in [-0.3, -0.25) is 0 Å². The second-order valence-electron chi connectivity index (χ2n) is 8.08. The number of hydrogen-bond acceptors (Lipinski definition) is 8. The molecule has 0 radical (unpaired) electrons. The highest BCUT2D eigenvalue weighted by atomic mass is 16.5. The van der Waals surface area contributed by atoms with Crippen molar-refractivity contribution in [3.05, 3.63) is 42.4 Å². The molecule has 4 heterocycles. The van der Waals surface area contributed by atoms with Crippen LogP contribution in [0.15, 0.2) is 36.8 Å². The average molecular weight is 421 g/mol. The third-order valence-electron chi connectivity index (χ3n) is 5.80. The summed E-state index contributed by atoms with van der Waals surface area (Å²) in [5.74, 6) is 2.64. The van der Waals surface area contributed by atoms with Crippen molar-refractivity contribution in [2.45, 2.75) is 25.9 Å². The van der Waals surface area contributed by atoms with Crippen molar-refractivity contribution in [2.75, 3.05) is 49.6 Å². The standard InChI is InChI=1S/C23H28N6O2/c1-16-11-17(4-5-21(16)31-18-3-2-10-30-14-18)28-23-19-12-22(29-8-6-24-7-9-29)25-13-20(19)26-15-27-23/h4-5,11-13,15,18,24H,2-3,6-10,14H2,1H3,(H,26,27,28)/t18-/m1/s1. The van der Waals surface area contributed by atoms with E-state index in [-0.39, 0.29) is 6.10 Å². The van der Waals surface area contributed by atoms with Crippen LogP contribution in [0.25, 0.3) is 10.9 Å². The molecule has 8 nitrogen and oxygen atoms in total. The zero-order valence-electron chi connectivity index (χ0n) is 17.8. The lowest BCUT2D eigenvalue weighted by Gasteiger charge is -2.28. The second kappa shape index (κ2) is 9.03. The zero-order chi connectivity index (χ0) is 21.0. The Morgan fingerprint density at radius 3 is 2.87 bits per heavy atom. The van der Waals surface area contributed by atoms with Crippen molar-refractivity contribution in [2.24, 2.45) is 0 Å². The van der Waals surface area contributed by atoms with Crippen LogP contribution in [0.4, 0.5) is 17.3 Å². The summed E-state index contributed by atoms with van der Waals surface area (Å²) in [7, 11) is 0. The molecule has 2 aliphatic heterocycles. The third kappa shape index (κ3) is 4.55. The number of nitrogens with zero attached hydrogens (tertiary/aromatic N) is 4. The fourth-order valence-corrected chi connectivity index (χ4v) is 4.09. The van der Waals surface area contributed by atoms with Gasteiger partial charge in [0.05, 0.1) is 18.3 Å². The Kier molecular flexibility index (Phi) is 5.82. The molecule has 3 aromatic rings. The van der Waals surface area contributed by atoms with Gasteiger partial charge in [0.25, 0.3) is 0 Å². The zero-order valence-corrected chi connectivity index (χ0v) is 17.8. The molecule has 2 fully saturated rings. The molecule has 5 rings (SSSR count). The molecule has 2 aliphatic rings. The van der Waals surface area contributed by atoms with Crippen LogP contribution in [0.5, 0.6) is 5.75 Å². The molecule has 0 bridgehead atoms. The third-order valence-corrected chi connectivity index (χ3v) is 5.80. The van der Waals surface area contributed by atoms with Gasteiger partial charge in [0.2, 0.25) is 0 Å². The van der Waals surface area contributed by atoms with Crippen molar-refractivity contribution < 1.29 is 9.47 Å². The minimum Gasteiger partial charge on any atom is -0.488 e. The Hall–Kier alpha value is -2.97. The number of rotatable bonds is 5. The summed E-state index contributed by atoms with van der Waals surface area (Å²) in [6, 6.07) is 8.21. The molecule has 1 aromatic carbocycles. The molecule has 2 saturated heterocycles. The van der Waals surface area contributed by atoms with Gasteiger partial charge in [-0.15, -0.1) is 0 Å². The average Bonchev–Trinajstić information content (AvgIpc) is 2.82. The number of ether oxygens (including phenoxy) is 2. The number of aromatic nitrogens is 3. The van der Waals surface area contributed by atoms with E-state index < -0.39 is 0 Å². The highest BCUT2D eigenvalue weighted by Gasteiger charge is 2.17. The molecule has 31 heavy (non-hydrogen) atoms. The van der Waals surface area contributed by atoms with Crippen molar-refractivity contribution >= 4 is 28.2 Å². The van der Waals surface area contributed by atoms with Crippen molar-refractivity contribution in [3.8, 4) is 5.75 Å². The Labute approximate surface area is 182 Å². The maximum atomic E-state index is 6.15. The fraction of sp³-hybridized carbons (Fsp3) is 0.435. The number of piperazine rings is 1. The SMILES string of the molecule is Cc1cc(Nc2ncnc3cnc(N4CCNCC4)cc23)ccc1O[C@@H]1CCCOC1. The van der Waals surface area contributed by atoms with E-state index in [0.29, 0.717) is 6.61 Å². The smallest absolute Gasteiger partial charge is 0.141 e. The van der Waals surface area contributed by atoms with E-state index in [9.17, 15) is 0 Å². The maximum Gasteiger partial charge on any atom is 0.141 e. The molecule has 1 atom stereocenters. The summed E-state index contributed by atoms with van der Waals surface area (Å²) >= 11 is 0. The van der Waals surface area contributed by atoms with E-state index in [1.54, 1.807) is 6.33 Å². The minimum absolute atomic E-state index is 0.132. The van der Waals surface area contributed by atoms with Crippen LogP contribution in [0.2, 0.25) is 0 Å². The van der Waals surface area contributed by atoms with Gasteiger partial charge in [-0.25, -0.2) is 15.0 Å². The van der Waals surface area contributed by atoms with Crippen LogP contribution in [-0.4, -0.2) is 60.4 Å².